The fourth-order valence-corrected chi connectivity index (χ4v) is 4.73. The molecule has 0 saturated carbocycles. The molecule has 0 amide bonds. The highest BCUT2D eigenvalue weighted by Crippen LogP contribution is 2.16. The summed E-state index contributed by atoms with van der Waals surface area (Å²) in [6, 6.07) is 0. The van der Waals surface area contributed by atoms with Crippen LogP contribution in [0.15, 0.2) is 24.3 Å². The van der Waals surface area contributed by atoms with E-state index in [-0.39, 0.29) is 12.1 Å². The number of esters is 1. The minimum Gasteiger partial charge on any atom is -0.481 e. The average molecular weight is 535 g/mol. The fourth-order valence-electron chi connectivity index (χ4n) is 4.73. The van der Waals surface area contributed by atoms with Crippen molar-refractivity contribution in [2.24, 2.45) is 0 Å². The van der Waals surface area contributed by atoms with Gasteiger partial charge in [-0.1, -0.05) is 122 Å². The normalized spacial score (nSPS) is 12.5. The van der Waals surface area contributed by atoms with Gasteiger partial charge in [-0.2, -0.15) is 0 Å². The predicted molar refractivity (Wildman–Crippen MR) is 163 cm³/mol. The second-order valence-electron chi connectivity index (χ2n) is 11.0. The second kappa shape index (κ2) is 30.0. The maximum Gasteiger partial charge on any atom is 0.306 e. The van der Waals surface area contributed by atoms with Crippen LogP contribution in [0.1, 0.15) is 174 Å². The van der Waals surface area contributed by atoms with Gasteiger partial charge in [-0.25, -0.2) is 0 Å². The third-order valence-electron chi connectivity index (χ3n) is 7.25. The van der Waals surface area contributed by atoms with E-state index < -0.39 is 5.97 Å². The van der Waals surface area contributed by atoms with Crippen LogP contribution in [0.2, 0.25) is 0 Å². The number of rotatable bonds is 29. The molecule has 0 bridgehead atoms. The summed E-state index contributed by atoms with van der Waals surface area (Å²) in [5, 5.41) is 8.64. The lowest BCUT2D eigenvalue weighted by atomic mass is 10.0. The van der Waals surface area contributed by atoms with Gasteiger partial charge in [0.15, 0.2) is 0 Å². The number of hydrogen-bond acceptors (Lipinski definition) is 3. The SMILES string of the molecule is CCCCC/C=C\C/C=C\CCCCCCCCCC(=O)OC(CC)CCCCCCCCCCC(=O)O. The molecule has 0 fully saturated rings. The first-order valence-electron chi connectivity index (χ1n) is 16.3. The van der Waals surface area contributed by atoms with Crippen molar-refractivity contribution in [1.82, 2.24) is 0 Å². The summed E-state index contributed by atoms with van der Waals surface area (Å²) in [7, 11) is 0. The number of carbonyl (C=O) groups is 2. The predicted octanol–water partition coefficient (Wildman–Crippen LogP) is 10.9. The standard InChI is InChI=1S/C34H62O4/c1-3-5-6-7-8-9-10-11-12-13-14-15-16-17-22-25-28-31-34(37)38-32(4-2)29-26-23-20-18-19-21-24-27-30-33(35)36/h8-9,11-12,32H,3-7,10,13-31H2,1-2H3,(H,35,36)/b9-8-,12-11-. The molecule has 1 N–H and O–H groups in total. The summed E-state index contributed by atoms with van der Waals surface area (Å²) in [4.78, 5) is 22.7. The van der Waals surface area contributed by atoms with E-state index in [0.717, 1.165) is 57.8 Å². The van der Waals surface area contributed by atoms with Gasteiger partial charge in [0.2, 0.25) is 0 Å². The van der Waals surface area contributed by atoms with Crippen LogP contribution in [0.25, 0.3) is 0 Å². The van der Waals surface area contributed by atoms with Gasteiger partial charge in [0.05, 0.1) is 0 Å². The summed E-state index contributed by atoms with van der Waals surface area (Å²) in [5.41, 5.74) is 0. The Morgan fingerprint density at radius 1 is 0.605 bits per heavy atom. The molecule has 0 radical (unpaired) electrons. The van der Waals surface area contributed by atoms with Crippen LogP contribution in [0.3, 0.4) is 0 Å². The van der Waals surface area contributed by atoms with Crippen molar-refractivity contribution in [2.75, 3.05) is 0 Å². The molecule has 0 rings (SSSR count). The van der Waals surface area contributed by atoms with Gasteiger partial charge in [-0.3, -0.25) is 9.59 Å². The van der Waals surface area contributed by atoms with E-state index in [2.05, 4.69) is 38.2 Å². The Labute approximate surface area is 236 Å². The molecule has 0 aromatic rings. The Morgan fingerprint density at radius 2 is 1.08 bits per heavy atom. The molecule has 38 heavy (non-hydrogen) atoms. The molecule has 4 heteroatoms. The van der Waals surface area contributed by atoms with Gasteiger partial charge in [0, 0.05) is 12.8 Å². The van der Waals surface area contributed by atoms with E-state index in [1.165, 1.54) is 89.9 Å². The highest BCUT2D eigenvalue weighted by Gasteiger charge is 2.12. The van der Waals surface area contributed by atoms with Gasteiger partial charge >= 0.3 is 11.9 Å². The molecule has 0 aromatic heterocycles. The molecule has 0 heterocycles. The summed E-state index contributed by atoms with van der Waals surface area (Å²) in [6.07, 6.45) is 36.9. The van der Waals surface area contributed by atoms with Gasteiger partial charge in [-0.05, 0) is 64.2 Å². The number of carbonyl (C=O) groups excluding carboxylic acids is 1. The molecule has 1 atom stereocenters. The molecular weight excluding hydrogens is 472 g/mol. The van der Waals surface area contributed by atoms with E-state index in [0.29, 0.717) is 12.8 Å². The van der Waals surface area contributed by atoms with E-state index in [4.69, 9.17) is 9.84 Å². The molecular formula is C34H62O4. The first-order chi connectivity index (χ1) is 18.6. The number of hydrogen-bond donors (Lipinski definition) is 1. The number of carboxylic acid groups (broad SMARTS) is 1. The third kappa shape index (κ3) is 29.0. The first-order valence-corrected chi connectivity index (χ1v) is 16.3. The molecule has 222 valence electrons. The van der Waals surface area contributed by atoms with Crippen LogP contribution in [-0.2, 0) is 14.3 Å². The van der Waals surface area contributed by atoms with E-state index >= 15 is 0 Å². The van der Waals surface area contributed by atoms with E-state index in [1.807, 2.05) is 0 Å². The van der Waals surface area contributed by atoms with Crippen molar-refractivity contribution in [3.05, 3.63) is 24.3 Å². The van der Waals surface area contributed by atoms with Gasteiger partial charge < -0.3 is 9.84 Å². The van der Waals surface area contributed by atoms with Gasteiger partial charge in [0.25, 0.3) is 0 Å². The molecule has 0 aliphatic carbocycles. The lowest BCUT2D eigenvalue weighted by Gasteiger charge is -2.16. The molecule has 0 aliphatic rings. The van der Waals surface area contributed by atoms with Crippen molar-refractivity contribution >= 4 is 11.9 Å². The van der Waals surface area contributed by atoms with Crippen LogP contribution in [0.4, 0.5) is 0 Å². The van der Waals surface area contributed by atoms with Crippen LogP contribution < -0.4 is 0 Å². The smallest absolute Gasteiger partial charge is 0.306 e. The zero-order chi connectivity index (χ0) is 27.9. The van der Waals surface area contributed by atoms with E-state index in [9.17, 15) is 9.59 Å². The molecule has 4 nitrogen and oxygen atoms in total. The maximum atomic E-state index is 12.2. The van der Waals surface area contributed by atoms with Crippen LogP contribution in [-0.4, -0.2) is 23.1 Å². The quantitative estimate of drug-likeness (QED) is 0.0589. The highest BCUT2D eigenvalue weighted by atomic mass is 16.5. The Morgan fingerprint density at radius 3 is 1.61 bits per heavy atom. The summed E-state index contributed by atoms with van der Waals surface area (Å²) < 4.78 is 5.72. The zero-order valence-electron chi connectivity index (χ0n) is 25.2. The zero-order valence-corrected chi connectivity index (χ0v) is 25.2. The van der Waals surface area contributed by atoms with Crippen LogP contribution >= 0.6 is 0 Å². The second-order valence-corrected chi connectivity index (χ2v) is 11.0. The fraction of sp³-hybridized carbons (Fsp3) is 0.824. The minimum atomic E-state index is -0.687. The summed E-state index contributed by atoms with van der Waals surface area (Å²) in [6.45, 7) is 4.36. The minimum absolute atomic E-state index is 0.0131. The van der Waals surface area contributed by atoms with Gasteiger partial charge in [-0.15, -0.1) is 0 Å². The topological polar surface area (TPSA) is 63.6 Å². The van der Waals surface area contributed by atoms with Crippen molar-refractivity contribution in [2.45, 2.75) is 180 Å². The molecule has 0 spiro atoms. The van der Waals surface area contributed by atoms with Crippen molar-refractivity contribution < 1.29 is 19.4 Å². The Balaban J connectivity index is 3.48. The number of unbranched alkanes of at least 4 members (excludes halogenated alkanes) is 17. The number of allylic oxidation sites excluding steroid dienone is 4. The largest absolute Gasteiger partial charge is 0.481 e. The van der Waals surface area contributed by atoms with Gasteiger partial charge in [0.1, 0.15) is 6.10 Å². The van der Waals surface area contributed by atoms with Crippen LogP contribution in [0, 0.1) is 0 Å². The Hall–Kier alpha value is -1.58. The number of carboxylic acids is 1. The molecule has 0 aromatic carbocycles. The third-order valence-corrected chi connectivity index (χ3v) is 7.25. The van der Waals surface area contributed by atoms with E-state index in [1.54, 1.807) is 0 Å². The molecule has 1 unspecified atom stereocenters. The molecule has 0 saturated heterocycles. The lowest BCUT2D eigenvalue weighted by molar-refractivity contribution is -0.149. The monoisotopic (exact) mass is 534 g/mol. The highest BCUT2D eigenvalue weighted by molar-refractivity contribution is 5.69. The van der Waals surface area contributed by atoms with Crippen molar-refractivity contribution in [3.8, 4) is 0 Å². The van der Waals surface area contributed by atoms with Crippen molar-refractivity contribution in [1.29, 1.82) is 0 Å². The average Bonchev–Trinajstić information content (AvgIpc) is 2.90. The molecule has 0 aliphatic heterocycles. The number of aliphatic carboxylic acids is 1. The Bertz CT molecular complexity index is 581. The Kier molecular flexibility index (Phi) is 28.7. The van der Waals surface area contributed by atoms with Crippen molar-refractivity contribution in [3.63, 3.8) is 0 Å². The summed E-state index contributed by atoms with van der Waals surface area (Å²) in [5.74, 6) is -0.700. The van der Waals surface area contributed by atoms with Crippen LogP contribution in [0.5, 0.6) is 0 Å². The first kappa shape index (κ1) is 36.4. The number of ether oxygens (including phenoxy) is 1. The maximum absolute atomic E-state index is 12.2. The summed E-state index contributed by atoms with van der Waals surface area (Å²) >= 11 is 0. The lowest BCUT2D eigenvalue weighted by Crippen LogP contribution is -2.17.